The molecule has 1 fully saturated rings. The third kappa shape index (κ3) is 4.73. The van der Waals surface area contributed by atoms with Crippen LogP contribution in [-0.2, 0) is 11.8 Å². The number of methoxy groups -OCH3 is 1. The molecule has 3 N–H and O–H groups in total. The molecule has 4 rings (SSSR count). The fourth-order valence-electron chi connectivity index (χ4n) is 3.61. The van der Waals surface area contributed by atoms with Gasteiger partial charge in [-0.15, -0.1) is 0 Å². The lowest BCUT2D eigenvalue weighted by Gasteiger charge is -2.30. The van der Waals surface area contributed by atoms with Gasteiger partial charge in [-0.1, -0.05) is 47.2 Å². The van der Waals surface area contributed by atoms with Crippen molar-refractivity contribution in [3.8, 4) is 17.6 Å². The van der Waals surface area contributed by atoms with E-state index in [0.29, 0.717) is 11.1 Å². The van der Waals surface area contributed by atoms with E-state index >= 15 is 0 Å². The first kappa shape index (κ1) is 24.7. The van der Waals surface area contributed by atoms with Gasteiger partial charge in [-0.25, -0.2) is 9.18 Å². The monoisotopic (exact) mass is 523 g/mol. The minimum absolute atomic E-state index is 0.0163. The predicted octanol–water partition coefficient (Wildman–Crippen LogP) is 5.58. The lowest BCUT2D eigenvalue weighted by atomic mass is 9.90. The van der Waals surface area contributed by atoms with Gasteiger partial charge in [0.15, 0.2) is 5.66 Å². The number of urea groups is 1. The maximum Gasteiger partial charge on any atom is 0.416 e. The second-order valence-electron chi connectivity index (χ2n) is 7.41. The number of amides is 2. The lowest BCUT2D eigenvalue weighted by Crippen LogP contribution is -2.49. The highest BCUT2D eigenvalue weighted by atomic mass is 35.5. The Morgan fingerprint density at radius 3 is 2.29 bits per heavy atom. The number of hydrazine groups is 1. The quantitative estimate of drug-likeness (QED) is 0.310. The highest BCUT2D eigenvalue weighted by molar-refractivity contribution is 6.32. The van der Waals surface area contributed by atoms with E-state index in [0.717, 1.165) is 12.1 Å². The number of halogens is 6. The van der Waals surface area contributed by atoms with Crippen LogP contribution in [0.1, 0.15) is 27.8 Å². The fraction of sp³-hybridized carbons (Fsp3) is 0.125. The zero-order chi connectivity index (χ0) is 25.4. The Bertz CT molecular complexity index is 1370. The molecular formula is C24H15Cl2F4N3O2. The van der Waals surface area contributed by atoms with Crippen LogP contribution in [0.5, 0.6) is 5.75 Å². The molecule has 3 aromatic carbocycles. The average molecular weight is 524 g/mol. The van der Waals surface area contributed by atoms with E-state index in [2.05, 4.69) is 28.0 Å². The van der Waals surface area contributed by atoms with Gasteiger partial charge in [0.05, 0.1) is 33.8 Å². The first-order chi connectivity index (χ1) is 16.5. The number of carbonyl (C=O) groups excluding carboxylic acids is 1. The van der Waals surface area contributed by atoms with Crippen molar-refractivity contribution in [1.29, 1.82) is 0 Å². The van der Waals surface area contributed by atoms with Crippen molar-refractivity contribution in [2.75, 3.05) is 7.11 Å². The van der Waals surface area contributed by atoms with Crippen LogP contribution in [0.4, 0.5) is 22.4 Å². The molecule has 0 radical (unpaired) electrons. The Morgan fingerprint density at radius 2 is 1.69 bits per heavy atom. The Labute approximate surface area is 207 Å². The van der Waals surface area contributed by atoms with E-state index in [-0.39, 0.29) is 26.9 Å². The number of benzene rings is 3. The molecule has 0 aliphatic carbocycles. The molecule has 1 heterocycles. The summed E-state index contributed by atoms with van der Waals surface area (Å²) in [7, 11) is 1.39. The molecule has 0 aromatic heterocycles. The second kappa shape index (κ2) is 9.30. The number of nitrogens with one attached hydrogen (secondary N) is 3. The van der Waals surface area contributed by atoms with E-state index in [1.807, 2.05) is 0 Å². The van der Waals surface area contributed by atoms with Crippen LogP contribution in [-0.4, -0.2) is 13.1 Å². The van der Waals surface area contributed by atoms with E-state index in [1.54, 1.807) is 12.1 Å². The van der Waals surface area contributed by atoms with E-state index in [4.69, 9.17) is 27.9 Å². The first-order valence-electron chi connectivity index (χ1n) is 9.92. The smallest absolute Gasteiger partial charge is 0.416 e. The third-order valence-electron chi connectivity index (χ3n) is 5.27. The molecule has 2 amide bonds. The minimum Gasteiger partial charge on any atom is -0.495 e. The zero-order valence-corrected chi connectivity index (χ0v) is 19.3. The number of hydrogen-bond donors (Lipinski definition) is 3. The molecule has 35 heavy (non-hydrogen) atoms. The van der Waals surface area contributed by atoms with Gasteiger partial charge in [0.25, 0.3) is 0 Å². The molecule has 1 unspecified atom stereocenters. The lowest BCUT2D eigenvalue weighted by molar-refractivity contribution is -0.137. The topological polar surface area (TPSA) is 62.4 Å². The molecule has 1 atom stereocenters. The number of ether oxygens (including phenoxy) is 1. The van der Waals surface area contributed by atoms with Gasteiger partial charge in [0.1, 0.15) is 11.6 Å². The average Bonchev–Trinajstić information content (AvgIpc) is 3.19. The summed E-state index contributed by atoms with van der Waals surface area (Å²) in [6.07, 6.45) is -4.52. The molecule has 0 bridgehead atoms. The van der Waals surface area contributed by atoms with Gasteiger partial charge in [0.2, 0.25) is 0 Å². The third-order valence-corrected chi connectivity index (χ3v) is 5.89. The number of hydrogen-bond acceptors (Lipinski definition) is 3. The van der Waals surface area contributed by atoms with Crippen molar-refractivity contribution < 1.29 is 27.1 Å². The van der Waals surface area contributed by atoms with Crippen molar-refractivity contribution >= 4 is 29.2 Å². The van der Waals surface area contributed by atoms with Crippen LogP contribution in [0.25, 0.3) is 0 Å². The van der Waals surface area contributed by atoms with E-state index in [1.165, 1.54) is 37.4 Å². The Balaban J connectivity index is 1.76. The molecular weight excluding hydrogens is 509 g/mol. The normalized spacial score (nSPS) is 17.3. The standard InChI is InChI=1S/C24H15Cl2F4N3O2/c1-35-20-12-15(23(31-22(34)32-33-23)21-17(25)3-2-4-19(21)27)9-8-14(20)6-5-13-7-10-16(11-18(13)26)24(28,29)30/h2-4,7-12,33H,1H3,(H2,31,32,34). The summed E-state index contributed by atoms with van der Waals surface area (Å²) in [5.74, 6) is 5.15. The van der Waals surface area contributed by atoms with Gasteiger partial charge < -0.3 is 10.1 Å². The molecule has 11 heteroatoms. The summed E-state index contributed by atoms with van der Waals surface area (Å²) < 4.78 is 58.8. The Hall–Kier alpha value is -3.45. The summed E-state index contributed by atoms with van der Waals surface area (Å²) in [5.41, 5.74) is 3.62. The number of rotatable bonds is 3. The van der Waals surface area contributed by atoms with Crippen molar-refractivity contribution in [1.82, 2.24) is 16.2 Å². The molecule has 3 aromatic rings. The van der Waals surface area contributed by atoms with Crippen LogP contribution in [0.3, 0.4) is 0 Å². The van der Waals surface area contributed by atoms with Gasteiger partial charge in [0, 0.05) is 11.1 Å². The molecule has 1 aliphatic heterocycles. The SMILES string of the molecule is COc1cc(C2(c3c(F)cccc3Cl)NNC(=O)N2)ccc1C#Cc1ccc(C(F)(F)F)cc1Cl. The van der Waals surface area contributed by atoms with Crippen LogP contribution in [0.2, 0.25) is 10.0 Å². The highest BCUT2D eigenvalue weighted by Gasteiger charge is 2.44. The van der Waals surface area contributed by atoms with Crippen LogP contribution < -0.4 is 20.9 Å². The summed E-state index contributed by atoms with van der Waals surface area (Å²) in [6.45, 7) is 0. The number of carbonyl (C=O) groups is 1. The van der Waals surface area contributed by atoms with Crippen molar-refractivity contribution in [3.63, 3.8) is 0 Å². The molecule has 5 nitrogen and oxygen atoms in total. The van der Waals surface area contributed by atoms with Gasteiger partial charge >= 0.3 is 12.2 Å². The van der Waals surface area contributed by atoms with Gasteiger partial charge in [-0.2, -0.15) is 18.6 Å². The van der Waals surface area contributed by atoms with E-state index in [9.17, 15) is 22.4 Å². The Morgan fingerprint density at radius 1 is 0.971 bits per heavy atom. The summed E-state index contributed by atoms with van der Waals surface area (Å²) >= 11 is 12.3. The van der Waals surface area contributed by atoms with E-state index < -0.39 is 29.3 Å². The summed E-state index contributed by atoms with van der Waals surface area (Å²) in [4.78, 5) is 12.0. The number of alkyl halides is 3. The van der Waals surface area contributed by atoms with Crippen molar-refractivity contribution in [2.45, 2.75) is 11.8 Å². The van der Waals surface area contributed by atoms with Gasteiger partial charge in [-0.3, -0.25) is 5.43 Å². The van der Waals surface area contributed by atoms with Crippen LogP contribution >= 0.6 is 23.2 Å². The largest absolute Gasteiger partial charge is 0.495 e. The first-order valence-corrected chi connectivity index (χ1v) is 10.7. The summed E-state index contributed by atoms with van der Waals surface area (Å²) in [5, 5.41) is 2.57. The highest BCUT2D eigenvalue weighted by Crippen LogP contribution is 2.37. The van der Waals surface area contributed by atoms with Gasteiger partial charge in [-0.05, 0) is 42.5 Å². The zero-order valence-electron chi connectivity index (χ0n) is 17.8. The molecule has 1 aliphatic rings. The molecule has 0 saturated carbocycles. The van der Waals surface area contributed by atoms with Crippen molar-refractivity contribution in [2.24, 2.45) is 0 Å². The minimum atomic E-state index is -4.52. The maximum absolute atomic E-state index is 14.8. The molecule has 0 spiro atoms. The van der Waals surface area contributed by atoms with Crippen molar-refractivity contribution in [3.05, 3.63) is 98.3 Å². The van der Waals surface area contributed by atoms with Crippen LogP contribution in [0, 0.1) is 17.7 Å². The van der Waals surface area contributed by atoms with Crippen LogP contribution in [0.15, 0.2) is 54.6 Å². The second-order valence-corrected chi connectivity index (χ2v) is 8.22. The Kier molecular flexibility index (Phi) is 6.56. The predicted molar refractivity (Wildman–Crippen MR) is 122 cm³/mol. The maximum atomic E-state index is 14.8. The molecule has 180 valence electrons. The fourth-order valence-corrected chi connectivity index (χ4v) is 4.14. The molecule has 1 saturated heterocycles. The summed E-state index contributed by atoms with van der Waals surface area (Å²) in [6, 6.07) is 11.0.